The predicted molar refractivity (Wildman–Crippen MR) is 83.3 cm³/mol. The molecule has 0 aromatic rings. The second-order valence-electron chi connectivity index (χ2n) is 6.57. The summed E-state index contributed by atoms with van der Waals surface area (Å²) in [7, 11) is 1.27. The molecule has 0 aliphatic heterocycles. The van der Waals surface area contributed by atoms with Gasteiger partial charge in [0.05, 0.1) is 13.2 Å². The fraction of sp³-hybridized carbons (Fsp3) is 0.812. The zero-order chi connectivity index (χ0) is 16.9. The van der Waals surface area contributed by atoms with Crippen LogP contribution in [0.5, 0.6) is 0 Å². The first-order valence-corrected chi connectivity index (χ1v) is 7.96. The number of methoxy groups -OCH3 is 1. The lowest BCUT2D eigenvalue weighted by molar-refractivity contribution is -0.134. The summed E-state index contributed by atoms with van der Waals surface area (Å²) in [6.45, 7) is 7.55. The summed E-state index contributed by atoms with van der Waals surface area (Å²) in [4.78, 5) is 36.5. The third-order valence-corrected chi connectivity index (χ3v) is 4.08. The molecule has 0 heterocycles. The average molecular weight is 312 g/mol. The number of hydrogen-bond donors (Lipinski definition) is 2. The summed E-state index contributed by atoms with van der Waals surface area (Å²) in [5.41, 5.74) is 0. The van der Waals surface area contributed by atoms with Crippen molar-refractivity contribution in [1.82, 2.24) is 10.6 Å². The zero-order valence-corrected chi connectivity index (χ0v) is 14.1. The van der Waals surface area contributed by atoms with Gasteiger partial charge in [0, 0.05) is 17.9 Å². The highest BCUT2D eigenvalue weighted by Gasteiger charge is 2.41. The Morgan fingerprint density at radius 1 is 1.00 bits per heavy atom. The van der Waals surface area contributed by atoms with Crippen molar-refractivity contribution >= 4 is 17.8 Å². The van der Waals surface area contributed by atoms with E-state index in [9.17, 15) is 14.4 Å². The Morgan fingerprint density at radius 3 is 2.09 bits per heavy atom. The number of hydrogen-bond acceptors (Lipinski definition) is 4. The maximum Gasteiger partial charge on any atom is 0.407 e. The van der Waals surface area contributed by atoms with E-state index in [2.05, 4.69) is 15.4 Å². The van der Waals surface area contributed by atoms with Crippen molar-refractivity contribution in [1.29, 1.82) is 0 Å². The first-order chi connectivity index (χ1) is 10.3. The average Bonchev–Trinajstić information content (AvgIpc) is 2.92. The Kier molecular flexibility index (Phi) is 6.84. The van der Waals surface area contributed by atoms with E-state index in [1.807, 2.05) is 27.7 Å². The van der Waals surface area contributed by atoms with E-state index in [1.165, 1.54) is 7.11 Å². The molecule has 0 aromatic heterocycles. The van der Waals surface area contributed by atoms with Gasteiger partial charge in [-0.1, -0.05) is 20.3 Å². The van der Waals surface area contributed by atoms with E-state index >= 15 is 0 Å². The third-order valence-electron chi connectivity index (χ3n) is 4.08. The molecule has 6 heteroatoms. The minimum atomic E-state index is -0.620. The Hall–Kier alpha value is -1.59. The molecule has 1 aliphatic carbocycles. The monoisotopic (exact) mass is 312 g/mol. The predicted octanol–water partition coefficient (Wildman–Crippen LogP) is 1.88. The van der Waals surface area contributed by atoms with Gasteiger partial charge in [0.1, 0.15) is 0 Å². The molecule has 22 heavy (non-hydrogen) atoms. The molecule has 0 aromatic carbocycles. The summed E-state index contributed by atoms with van der Waals surface area (Å²) >= 11 is 0. The van der Waals surface area contributed by atoms with Crippen molar-refractivity contribution in [3.8, 4) is 0 Å². The molecule has 1 rings (SSSR count). The third kappa shape index (κ3) is 4.71. The van der Waals surface area contributed by atoms with Crippen LogP contribution in [-0.2, 0) is 14.3 Å². The van der Waals surface area contributed by atoms with Gasteiger partial charge >= 0.3 is 6.09 Å². The SMILES string of the molecule is COC(=O)NC(C(=O)C1CCCC1C(=O)NC(C)C)C(C)C. The van der Waals surface area contributed by atoms with Crippen LogP contribution in [0.15, 0.2) is 0 Å². The van der Waals surface area contributed by atoms with Crippen LogP contribution in [0, 0.1) is 17.8 Å². The molecule has 1 aliphatic rings. The highest BCUT2D eigenvalue weighted by atomic mass is 16.5. The first kappa shape index (κ1) is 18.5. The van der Waals surface area contributed by atoms with Gasteiger partial charge in [-0.25, -0.2) is 4.79 Å². The minimum absolute atomic E-state index is 0.0536. The quantitative estimate of drug-likeness (QED) is 0.784. The topological polar surface area (TPSA) is 84.5 Å². The Labute approximate surface area is 132 Å². The summed E-state index contributed by atoms with van der Waals surface area (Å²) in [5.74, 6) is -0.812. The number of amides is 2. The second kappa shape index (κ2) is 8.15. The van der Waals surface area contributed by atoms with Gasteiger partial charge in [-0.15, -0.1) is 0 Å². The number of ether oxygens (including phenoxy) is 1. The molecule has 0 radical (unpaired) electrons. The minimum Gasteiger partial charge on any atom is -0.453 e. The Balaban J connectivity index is 2.83. The van der Waals surface area contributed by atoms with Crippen molar-refractivity contribution in [3.63, 3.8) is 0 Å². The highest BCUT2D eigenvalue weighted by molar-refractivity contribution is 5.94. The second-order valence-corrected chi connectivity index (χ2v) is 6.57. The summed E-state index contributed by atoms with van der Waals surface area (Å²) in [6.07, 6.45) is 1.66. The van der Waals surface area contributed by atoms with E-state index in [0.29, 0.717) is 6.42 Å². The zero-order valence-electron chi connectivity index (χ0n) is 14.1. The van der Waals surface area contributed by atoms with Crippen LogP contribution < -0.4 is 10.6 Å². The largest absolute Gasteiger partial charge is 0.453 e. The fourth-order valence-corrected chi connectivity index (χ4v) is 2.99. The van der Waals surface area contributed by atoms with Crippen LogP contribution in [0.3, 0.4) is 0 Å². The Morgan fingerprint density at radius 2 is 1.59 bits per heavy atom. The number of alkyl carbamates (subject to hydrolysis) is 1. The summed E-state index contributed by atoms with van der Waals surface area (Å²) in [5, 5.41) is 5.49. The lowest BCUT2D eigenvalue weighted by Gasteiger charge is -2.26. The molecule has 126 valence electrons. The van der Waals surface area contributed by atoms with Crippen LogP contribution >= 0.6 is 0 Å². The standard InChI is InChI=1S/C16H28N2O4/c1-9(2)13(18-16(21)22-5)14(19)11-7-6-8-12(11)15(20)17-10(3)4/h9-13H,6-8H2,1-5H3,(H,17,20)(H,18,21). The molecule has 2 amide bonds. The molecular weight excluding hydrogens is 284 g/mol. The van der Waals surface area contributed by atoms with E-state index in [0.717, 1.165) is 12.8 Å². The van der Waals surface area contributed by atoms with Crippen LogP contribution in [0.4, 0.5) is 4.79 Å². The van der Waals surface area contributed by atoms with Gasteiger partial charge in [0.2, 0.25) is 5.91 Å². The smallest absolute Gasteiger partial charge is 0.407 e. The van der Waals surface area contributed by atoms with Crippen molar-refractivity contribution in [2.75, 3.05) is 7.11 Å². The number of carbonyl (C=O) groups excluding carboxylic acids is 3. The molecule has 2 N–H and O–H groups in total. The fourth-order valence-electron chi connectivity index (χ4n) is 2.99. The number of carbonyl (C=O) groups is 3. The van der Waals surface area contributed by atoms with Gasteiger partial charge in [-0.05, 0) is 32.6 Å². The maximum atomic E-state index is 12.8. The van der Waals surface area contributed by atoms with Crippen LogP contribution in [0.2, 0.25) is 0 Å². The first-order valence-electron chi connectivity index (χ1n) is 7.96. The Bertz CT molecular complexity index is 420. The van der Waals surface area contributed by atoms with Gasteiger partial charge in [0.15, 0.2) is 5.78 Å². The van der Waals surface area contributed by atoms with Crippen LogP contribution in [0.1, 0.15) is 47.0 Å². The lowest BCUT2D eigenvalue weighted by atomic mass is 9.84. The number of Topliss-reactive ketones (excluding diaryl/α,β-unsaturated/α-hetero) is 1. The molecule has 0 spiro atoms. The van der Waals surface area contributed by atoms with Crippen molar-refractivity contribution < 1.29 is 19.1 Å². The molecule has 6 nitrogen and oxygen atoms in total. The van der Waals surface area contributed by atoms with Crippen molar-refractivity contribution in [2.24, 2.45) is 17.8 Å². The van der Waals surface area contributed by atoms with Crippen molar-refractivity contribution in [3.05, 3.63) is 0 Å². The van der Waals surface area contributed by atoms with E-state index in [-0.39, 0.29) is 35.5 Å². The van der Waals surface area contributed by atoms with Crippen LogP contribution in [0.25, 0.3) is 0 Å². The normalized spacial score (nSPS) is 22.5. The van der Waals surface area contributed by atoms with Gasteiger partial charge < -0.3 is 15.4 Å². The lowest BCUT2D eigenvalue weighted by Crippen LogP contribution is -2.49. The highest BCUT2D eigenvalue weighted by Crippen LogP contribution is 2.34. The van der Waals surface area contributed by atoms with Gasteiger partial charge in [0.25, 0.3) is 0 Å². The van der Waals surface area contributed by atoms with Crippen LogP contribution in [-0.4, -0.2) is 37.0 Å². The molecular formula is C16H28N2O4. The van der Waals surface area contributed by atoms with E-state index in [4.69, 9.17) is 0 Å². The molecule has 3 atom stereocenters. The van der Waals surface area contributed by atoms with Gasteiger partial charge in [-0.2, -0.15) is 0 Å². The molecule has 1 saturated carbocycles. The summed E-state index contributed by atoms with van der Waals surface area (Å²) in [6, 6.07) is -0.567. The van der Waals surface area contributed by atoms with E-state index in [1.54, 1.807) is 0 Å². The van der Waals surface area contributed by atoms with Gasteiger partial charge in [-0.3, -0.25) is 9.59 Å². The molecule has 0 bridgehead atoms. The molecule has 3 unspecified atom stereocenters. The summed E-state index contributed by atoms with van der Waals surface area (Å²) < 4.78 is 4.59. The number of ketones is 1. The molecule has 1 fully saturated rings. The van der Waals surface area contributed by atoms with Crippen molar-refractivity contribution in [2.45, 2.75) is 59.0 Å². The number of rotatable bonds is 6. The van der Waals surface area contributed by atoms with E-state index < -0.39 is 12.1 Å². The molecule has 0 saturated heterocycles. The number of nitrogens with one attached hydrogen (secondary N) is 2. The maximum absolute atomic E-state index is 12.8.